The van der Waals surface area contributed by atoms with Crippen molar-refractivity contribution >= 4 is 21.8 Å². The molecule has 1 aliphatic heterocycles. The van der Waals surface area contributed by atoms with Crippen LogP contribution in [0.4, 0.5) is 0 Å². The average Bonchev–Trinajstić information content (AvgIpc) is 2.99. The van der Waals surface area contributed by atoms with Gasteiger partial charge in [-0.05, 0) is 29.9 Å². The molecule has 2 heterocycles. The fourth-order valence-corrected chi connectivity index (χ4v) is 4.30. The van der Waals surface area contributed by atoms with Crippen molar-refractivity contribution in [3.63, 3.8) is 0 Å². The van der Waals surface area contributed by atoms with Gasteiger partial charge in [0.05, 0.1) is 6.61 Å². The van der Waals surface area contributed by atoms with Gasteiger partial charge >= 0.3 is 0 Å². The summed E-state index contributed by atoms with van der Waals surface area (Å²) in [6.45, 7) is 0.453. The molecule has 1 atom stereocenters. The van der Waals surface area contributed by atoms with Crippen molar-refractivity contribution in [1.29, 1.82) is 0 Å². The van der Waals surface area contributed by atoms with E-state index in [1.54, 1.807) is 0 Å². The highest BCUT2D eigenvalue weighted by Crippen LogP contribution is 2.23. The van der Waals surface area contributed by atoms with Crippen LogP contribution in [0.5, 0.6) is 0 Å². The Labute approximate surface area is 129 Å². The Morgan fingerprint density at radius 2 is 2.33 bits per heavy atom. The van der Waals surface area contributed by atoms with E-state index in [1.165, 1.54) is 18.5 Å². The lowest BCUT2D eigenvalue weighted by Gasteiger charge is -2.10. The normalized spacial score (nSPS) is 18.2. The van der Waals surface area contributed by atoms with E-state index < -0.39 is 10.0 Å². The summed E-state index contributed by atoms with van der Waals surface area (Å²) in [5, 5.41) is 8.68. The van der Waals surface area contributed by atoms with Crippen molar-refractivity contribution in [1.82, 2.24) is 9.71 Å². The summed E-state index contributed by atoms with van der Waals surface area (Å²) >= 11 is 1.86. The Bertz CT molecular complexity index is 629. The molecule has 0 aliphatic carbocycles. The standard InChI is InChI=1S/C14H18N2O3S2/c17-5-2-1-3-12-7-14(10-15-8-12)21(18,19)16-9-13-4-6-20-11-13/h7-8,10,13,16-17H,2,4-6,9,11H2. The Kier molecular flexibility index (Phi) is 6.06. The first kappa shape index (κ1) is 16.3. The molecule has 1 aromatic rings. The van der Waals surface area contributed by atoms with Crippen LogP contribution in [0.3, 0.4) is 0 Å². The molecule has 1 unspecified atom stereocenters. The molecule has 114 valence electrons. The van der Waals surface area contributed by atoms with Crippen molar-refractivity contribution in [2.45, 2.75) is 17.7 Å². The first-order chi connectivity index (χ1) is 10.1. The number of sulfonamides is 1. The van der Waals surface area contributed by atoms with E-state index in [-0.39, 0.29) is 11.5 Å². The topological polar surface area (TPSA) is 79.3 Å². The number of aliphatic hydroxyl groups excluding tert-OH is 1. The molecular weight excluding hydrogens is 308 g/mol. The summed E-state index contributed by atoms with van der Waals surface area (Å²) in [5.41, 5.74) is 0.530. The monoisotopic (exact) mass is 326 g/mol. The number of aliphatic hydroxyl groups is 1. The molecule has 5 nitrogen and oxygen atoms in total. The van der Waals surface area contributed by atoms with Crippen molar-refractivity contribution in [2.24, 2.45) is 5.92 Å². The fraction of sp³-hybridized carbons (Fsp3) is 0.500. The van der Waals surface area contributed by atoms with Crippen LogP contribution in [0, 0.1) is 17.8 Å². The smallest absolute Gasteiger partial charge is 0.242 e. The Morgan fingerprint density at radius 1 is 1.48 bits per heavy atom. The van der Waals surface area contributed by atoms with Crippen LogP contribution in [-0.2, 0) is 10.0 Å². The molecule has 2 N–H and O–H groups in total. The number of rotatable bonds is 5. The molecule has 1 saturated heterocycles. The highest BCUT2D eigenvalue weighted by Gasteiger charge is 2.20. The minimum atomic E-state index is -3.54. The van der Waals surface area contributed by atoms with Crippen LogP contribution < -0.4 is 4.72 Å². The number of hydrogen-bond donors (Lipinski definition) is 2. The second-order valence-corrected chi connectivity index (χ2v) is 7.68. The van der Waals surface area contributed by atoms with E-state index >= 15 is 0 Å². The Balaban J connectivity index is 2.05. The van der Waals surface area contributed by atoms with Crippen molar-refractivity contribution < 1.29 is 13.5 Å². The maximum absolute atomic E-state index is 12.2. The quantitative estimate of drug-likeness (QED) is 0.784. The largest absolute Gasteiger partial charge is 0.395 e. The zero-order chi connectivity index (χ0) is 15.1. The van der Waals surface area contributed by atoms with Gasteiger partial charge in [-0.15, -0.1) is 0 Å². The van der Waals surface area contributed by atoms with Gasteiger partial charge in [0.2, 0.25) is 10.0 Å². The minimum absolute atomic E-state index is 0.0145. The molecule has 1 aliphatic rings. The van der Waals surface area contributed by atoms with Crippen LogP contribution in [0.15, 0.2) is 23.4 Å². The molecule has 0 spiro atoms. The zero-order valence-corrected chi connectivity index (χ0v) is 13.2. The summed E-state index contributed by atoms with van der Waals surface area (Å²) in [5.74, 6) is 8.05. The van der Waals surface area contributed by atoms with Gasteiger partial charge in [0.25, 0.3) is 0 Å². The molecule has 0 aromatic carbocycles. The summed E-state index contributed by atoms with van der Waals surface area (Å²) < 4.78 is 27.1. The van der Waals surface area contributed by atoms with Gasteiger partial charge in [0.15, 0.2) is 0 Å². The van der Waals surface area contributed by atoms with Gasteiger partial charge in [-0.3, -0.25) is 4.98 Å². The van der Waals surface area contributed by atoms with E-state index in [0.29, 0.717) is 24.4 Å². The van der Waals surface area contributed by atoms with E-state index in [0.717, 1.165) is 17.9 Å². The zero-order valence-electron chi connectivity index (χ0n) is 11.6. The molecule has 1 aromatic heterocycles. The molecule has 1 fully saturated rings. The maximum atomic E-state index is 12.2. The predicted molar refractivity (Wildman–Crippen MR) is 83.4 cm³/mol. The summed E-state index contributed by atoms with van der Waals surface area (Å²) in [4.78, 5) is 4.05. The third-order valence-corrected chi connectivity index (χ3v) is 5.70. The summed E-state index contributed by atoms with van der Waals surface area (Å²) in [7, 11) is -3.54. The van der Waals surface area contributed by atoms with Crippen molar-refractivity contribution in [3.8, 4) is 11.8 Å². The molecule has 2 rings (SSSR count). The summed E-state index contributed by atoms with van der Waals surface area (Å²) in [6, 6.07) is 1.50. The molecular formula is C14H18N2O3S2. The lowest BCUT2D eigenvalue weighted by Crippen LogP contribution is -2.29. The number of hydrogen-bond acceptors (Lipinski definition) is 5. The molecule has 0 saturated carbocycles. The van der Waals surface area contributed by atoms with E-state index in [2.05, 4.69) is 21.5 Å². The maximum Gasteiger partial charge on any atom is 0.242 e. The van der Waals surface area contributed by atoms with Crippen LogP contribution in [0.2, 0.25) is 0 Å². The Hall–Kier alpha value is -1.07. The molecule has 7 heteroatoms. The molecule has 0 amide bonds. The first-order valence-electron chi connectivity index (χ1n) is 6.74. The number of aromatic nitrogens is 1. The number of nitrogens with zero attached hydrogens (tertiary/aromatic N) is 1. The minimum Gasteiger partial charge on any atom is -0.395 e. The predicted octanol–water partition coefficient (Wildman–Crippen LogP) is 0.847. The number of thioether (sulfide) groups is 1. The number of pyridine rings is 1. The van der Waals surface area contributed by atoms with E-state index in [4.69, 9.17) is 5.11 Å². The third kappa shape index (κ3) is 5.00. The highest BCUT2D eigenvalue weighted by atomic mass is 32.2. The highest BCUT2D eigenvalue weighted by molar-refractivity contribution is 7.99. The van der Waals surface area contributed by atoms with Gasteiger partial charge in [-0.1, -0.05) is 11.8 Å². The first-order valence-corrected chi connectivity index (χ1v) is 9.38. The lowest BCUT2D eigenvalue weighted by molar-refractivity contribution is 0.305. The van der Waals surface area contributed by atoms with Crippen LogP contribution in [-0.4, -0.2) is 43.2 Å². The van der Waals surface area contributed by atoms with E-state index in [9.17, 15) is 8.42 Å². The van der Waals surface area contributed by atoms with Gasteiger partial charge in [-0.2, -0.15) is 11.8 Å². The fourth-order valence-electron chi connectivity index (χ4n) is 1.91. The van der Waals surface area contributed by atoms with Crippen molar-refractivity contribution in [2.75, 3.05) is 24.7 Å². The lowest BCUT2D eigenvalue weighted by atomic mass is 10.1. The third-order valence-electron chi connectivity index (χ3n) is 3.08. The molecule has 0 bridgehead atoms. The second-order valence-electron chi connectivity index (χ2n) is 4.77. The molecule has 21 heavy (non-hydrogen) atoms. The second kappa shape index (κ2) is 7.80. The van der Waals surface area contributed by atoms with Crippen molar-refractivity contribution in [3.05, 3.63) is 24.0 Å². The Morgan fingerprint density at radius 3 is 3.05 bits per heavy atom. The van der Waals surface area contributed by atoms with Gasteiger partial charge in [0.1, 0.15) is 4.90 Å². The molecule has 0 radical (unpaired) electrons. The SMILES string of the molecule is O=S(=O)(NCC1CCSC1)c1cncc(C#CCCO)c1. The van der Waals surface area contributed by atoms with Crippen LogP contribution >= 0.6 is 11.8 Å². The van der Waals surface area contributed by atoms with Crippen LogP contribution in [0.1, 0.15) is 18.4 Å². The van der Waals surface area contributed by atoms with Gasteiger partial charge in [-0.25, -0.2) is 13.1 Å². The average molecular weight is 326 g/mol. The van der Waals surface area contributed by atoms with Gasteiger partial charge < -0.3 is 5.11 Å². The van der Waals surface area contributed by atoms with E-state index in [1.807, 2.05) is 11.8 Å². The summed E-state index contributed by atoms with van der Waals surface area (Å²) in [6.07, 6.45) is 4.24. The van der Waals surface area contributed by atoms with Crippen LogP contribution in [0.25, 0.3) is 0 Å². The number of nitrogens with one attached hydrogen (secondary N) is 1. The van der Waals surface area contributed by atoms with Gasteiger partial charge in [0, 0.05) is 30.9 Å².